The van der Waals surface area contributed by atoms with E-state index in [1.54, 1.807) is 97.1 Å². The number of ether oxygens (including phenoxy) is 2. The van der Waals surface area contributed by atoms with Crippen LogP contribution in [-0.4, -0.2) is 73.1 Å². The zero-order valence-corrected chi connectivity index (χ0v) is 65.1. The van der Waals surface area contributed by atoms with Crippen molar-refractivity contribution in [2.75, 3.05) is 26.4 Å². The Labute approximate surface area is 648 Å². The smallest absolute Gasteiger partial charge is 0.832 e. The van der Waals surface area contributed by atoms with Gasteiger partial charge >= 0.3 is 37.7 Å². The van der Waals surface area contributed by atoms with Crippen molar-refractivity contribution in [2.45, 2.75) is 105 Å². The maximum atomic E-state index is 14.4. The number of hydrogen-bond donors (Lipinski definition) is 0. The van der Waals surface area contributed by atoms with E-state index in [9.17, 15) is 19.2 Å². The molecule has 0 saturated carbocycles. The maximum Gasteiger partial charge on any atom is 1.00 e. The molecule has 2 heterocycles. The first-order chi connectivity index (χ1) is 46.5. The van der Waals surface area contributed by atoms with Crippen LogP contribution in [0.15, 0.2) is 289 Å². The standard InChI is InChI=1S/C26H36N2.2C24H20O3Si2.2C4H8O.Ho.2Li/c1-17(2)21-11-9-12-22(18(3)4)25(21)27-15-16-28-26-23(19(5)6)13-10-14-24(26)20(7)8;2*25-28(21-13-5-1-6-14-21,22-15-7-2-8-16-22)27-29(26,23-17-9-3-10-18-23)24-19-11-4-12-20-24;2*1-2-4-5-3-1;;;/h9-20H,1-8H3;2*1-20H;2*1-4H2;;;/q;2*-2;;;;2*+1. The Kier molecular flexibility index (Phi) is 36.4. The summed E-state index contributed by atoms with van der Waals surface area (Å²) in [6.45, 7) is 21.8. The van der Waals surface area contributed by atoms with Gasteiger partial charge in [0.2, 0.25) is 0 Å². The molecule has 0 N–H and O–H groups in total. The second-order valence-corrected chi connectivity index (χ2v) is 36.2. The molecule has 0 spiro atoms. The number of hydrogen-bond acceptors (Lipinski definition) is 10. The SMILES string of the molecule is C1CCOC1.C1CCOC1.CC(C)c1cccc(C(C)C)c1N=CC=Nc1c(C(C)C)cccc1C(C)C.[Ho].[Li+].[Li+].[O-][Si](O[Si]([O-])(c1ccccc1)c1ccccc1)(c1ccccc1)c1ccccc1.[O-][Si](O[Si]([O-])(c1ccccc1)c1ccccc1)(c1ccccc1)c1ccccc1. The zero-order chi connectivity index (χ0) is 68.2. The molecule has 0 unspecified atom stereocenters. The molecule has 10 aromatic carbocycles. The van der Waals surface area contributed by atoms with Gasteiger partial charge in [0.05, 0.1) is 11.4 Å². The van der Waals surface area contributed by atoms with Crippen molar-refractivity contribution in [3.05, 3.63) is 301 Å². The fourth-order valence-corrected chi connectivity index (χ4v) is 24.8. The number of nitrogens with zero attached hydrogens (tertiary/aromatic N) is 2. The van der Waals surface area contributed by atoms with Gasteiger partial charge in [-0.15, -0.1) is 0 Å². The molecule has 1 radical (unpaired) electrons. The largest absolute Gasteiger partial charge is 1.00 e. The minimum atomic E-state index is -4.00. The van der Waals surface area contributed by atoms with E-state index in [1.165, 1.54) is 47.9 Å². The minimum absolute atomic E-state index is 0. The van der Waals surface area contributed by atoms with Crippen LogP contribution in [0.5, 0.6) is 0 Å². The summed E-state index contributed by atoms with van der Waals surface area (Å²) in [6.07, 6.45) is 8.82. The average Bonchev–Trinajstić information content (AvgIpc) is 0.926. The average molecular weight is 1520 g/mol. The maximum absolute atomic E-state index is 14.4. The fraction of sp³-hybridized carbons (Fsp3) is 0.244. The third kappa shape index (κ3) is 23.5. The van der Waals surface area contributed by atoms with Crippen LogP contribution >= 0.6 is 0 Å². The summed E-state index contributed by atoms with van der Waals surface area (Å²) in [5.74, 6) is 1.77. The van der Waals surface area contributed by atoms with Crippen molar-refractivity contribution in [3.63, 3.8) is 0 Å². The van der Waals surface area contributed by atoms with E-state index >= 15 is 0 Å². The van der Waals surface area contributed by atoms with E-state index in [2.05, 4.69) is 91.8 Å². The molecule has 99 heavy (non-hydrogen) atoms. The fourth-order valence-electron chi connectivity index (χ4n) is 11.4. The second kappa shape index (κ2) is 42.8. The molecule has 0 bridgehead atoms. The van der Waals surface area contributed by atoms with Crippen molar-refractivity contribution < 1.29 is 112 Å². The van der Waals surface area contributed by atoms with Crippen molar-refractivity contribution in [3.8, 4) is 0 Å². The topological polar surface area (TPSA) is 154 Å². The Hall–Kier alpha value is -5.46. The second-order valence-electron chi connectivity index (χ2n) is 25.0. The summed E-state index contributed by atoms with van der Waals surface area (Å²) < 4.78 is 22.6. The van der Waals surface area contributed by atoms with E-state index < -0.39 is 34.2 Å². The molecule has 10 nitrogen and oxygen atoms in total. The van der Waals surface area contributed by atoms with Crippen molar-refractivity contribution in [2.24, 2.45) is 9.98 Å². The Balaban J connectivity index is 0.000000245. The molecule has 10 aromatic rings. The van der Waals surface area contributed by atoms with Gasteiger partial charge in [0, 0.05) is 76.6 Å². The Morgan fingerprint density at radius 3 is 0.576 bits per heavy atom. The molecule has 0 aliphatic carbocycles. The van der Waals surface area contributed by atoms with Crippen LogP contribution in [0.4, 0.5) is 11.4 Å². The number of benzene rings is 10. The van der Waals surface area contributed by atoms with Crippen molar-refractivity contribution in [1.82, 2.24) is 0 Å². The van der Waals surface area contributed by atoms with Gasteiger partial charge in [0.15, 0.2) is 0 Å². The normalized spacial score (nSPS) is 13.0. The first-order valence-corrected chi connectivity index (χ1v) is 40.9. The first-order valence-electron chi connectivity index (χ1n) is 33.6. The molecule has 0 aromatic heterocycles. The van der Waals surface area contributed by atoms with Gasteiger partial charge in [-0.2, -0.15) is 0 Å². The van der Waals surface area contributed by atoms with E-state index in [1.807, 2.05) is 158 Å². The minimum Gasteiger partial charge on any atom is -0.832 e. The summed E-state index contributed by atoms with van der Waals surface area (Å²) in [6, 6.07) is 85.4. The van der Waals surface area contributed by atoms with Gasteiger partial charge < -0.3 is 36.9 Å². The molecule has 2 aliphatic heterocycles. The monoisotopic (exact) mass is 1520 g/mol. The third-order valence-electron chi connectivity index (χ3n) is 16.6. The summed E-state index contributed by atoms with van der Waals surface area (Å²) in [7, 11) is -16.0. The van der Waals surface area contributed by atoms with Crippen LogP contribution in [-0.2, 0) is 17.7 Å². The van der Waals surface area contributed by atoms with Crippen LogP contribution in [0.2, 0.25) is 0 Å². The number of para-hydroxylation sites is 2. The number of rotatable bonds is 19. The summed E-state index contributed by atoms with van der Waals surface area (Å²) in [4.78, 5) is 67.4. The zero-order valence-electron chi connectivity index (χ0n) is 59.1. The van der Waals surface area contributed by atoms with Gasteiger partial charge in [-0.1, -0.05) is 334 Å². The third-order valence-corrected chi connectivity index (χ3v) is 30.0. The van der Waals surface area contributed by atoms with Gasteiger partial charge in [0.25, 0.3) is 0 Å². The van der Waals surface area contributed by atoms with Gasteiger partial charge in [-0.25, -0.2) is 0 Å². The molecule has 12 rings (SSSR count). The molecule has 2 fully saturated rings. The van der Waals surface area contributed by atoms with Gasteiger partial charge in [0.1, 0.15) is 34.2 Å². The Morgan fingerprint density at radius 2 is 0.444 bits per heavy atom. The molecular weight excluding hydrogens is 1430 g/mol. The Morgan fingerprint density at radius 1 is 0.283 bits per heavy atom. The van der Waals surface area contributed by atoms with Crippen molar-refractivity contribution >= 4 is 99.5 Å². The molecule has 0 atom stereocenters. The van der Waals surface area contributed by atoms with Crippen LogP contribution in [0.3, 0.4) is 0 Å². The number of aliphatic imine (C=N–C) groups is 2. The van der Waals surface area contributed by atoms with Crippen LogP contribution in [0.25, 0.3) is 0 Å². The van der Waals surface area contributed by atoms with Crippen LogP contribution in [0, 0.1) is 37.7 Å². The molecule has 17 heteroatoms. The molecule has 509 valence electrons. The van der Waals surface area contributed by atoms with Gasteiger partial charge in [-0.05, 0) is 113 Å². The van der Waals surface area contributed by atoms with Crippen LogP contribution < -0.4 is 98.4 Å². The summed E-state index contributed by atoms with van der Waals surface area (Å²) >= 11 is 0. The quantitative estimate of drug-likeness (QED) is 0.0856. The van der Waals surface area contributed by atoms with Crippen LogP contribution in [0.1, 0.15) is 127 Å². The van der Waals surface area contributed by atoms with E-state index in [-0.39, 0.29) is 75.5 Å². The summed E-state index contributed by atoms with van der Waals surface area (Å²) in [5.41, 5.74) is 7.37. The molecular formula is C82H92HoLi2N2O8Si4-2. The van der Waals surface area contributed by atoms with E-state index in [0.717, 1.165) is 37.8 Å². The van der Waals surface area contributed by atoms with Gasteiger partial charge in [-0.3, -0.25) is 9.98 Å². The predicted octanol–water partition coefficient (Wildman–Crippen LogP) is 4.36. The van der Waals surface area contributed by atoms with Crippen molar-refractivity contribution in [1.29, 1.82) is 0 Å². The van der Waals surface area contributed by atoms with E-state index in [4.69, 9.17) is 27.7 Å². The predicted molar refractivity (Wildman–Crippen MR) is 399 cm³/mol. The molecule has 0 amide bonds. The summed E-state index contributed by atoms with van der Waals surface area (Å²) in [5, 5.41) is 4.38. The first kappa shape index (κ1) is 84.2. The molecule has 2 aliphatic rings. The Bertz CT molecular complexity index is 3270. The van der Waals surface area contributed by atoms with E-state index in [0.29, 0.717) is 65.2 Å². The molecule has 2 saturated heterocycles.